The van der Waals surface area contributed by atoms with E-state index < -0.39 is 33.0 Å². The summed E-state index contributed by atoms with van der Waals surface area (Å²) in [5, 5.41) is 0. The van der Waals surface area contributed by atoms with Gasteiger partial charge in [-0.25, -0.2) is 4.57 Å². The van der Waals surface area contributed by atoms with Crippen LogP contribution in [0.25, 0.3) is 0 Å². The molecule has 0 saturated carbocycles. The summed E-state index contributed by atoms with van der Waals surface area (Å²) in [6.45, 7) is 16.5. The molecule has 186 valence electrons. The molecular weight excluding hydrogens is 438 g/mol. The predicted molar refractivity (Wildman–Crippen MR) is 125 cm³/mol. The Morgan fingerprint density at radius 1 is 0.903 bits per heavy atom. The molecular formula is C22H46O7P2. The molecule has 0 aromatic heterocycles. The van der Waals surface area contributed by atoms with Crippen LogP contribution < -0.4 is 0 Å². The summed E-state index contributed by atoms with van der Waals surface area (Å²) in [5.41, 5.74) is -1.51. The van der Waals surface area contributed by atoms with Gasteiger partial charge in [0.2, 0.25) is 0 Å². The van der Waals surface area contributed by atoms with E-state index in [1.165, 1.54) is 0 Å². The molecule has 0 aromatic carbocycles. The van der Waals surface area contributed by atoms with Crippen LogP contribution in [0.4, 0.5) is 0 Å². The lowest BCUT2D eigenvalue weighted by molar-refractivity contribution is -0.0156. The molecule has 0 amide bonds. The summed E-state index contributed by atoms with van der Waals surface area (Å²) in [7, 11) is -7.58. The van der Waals surface area contributed by atoms with Crippen LogP contribution in [0.3, 0.4) is 0 Å². The van der Waals surface area contributed by atoms with Gasteiger partial charge in [0, 0.05) is 5.41 Å². The number of phosphoric ester groups is 1. The molecule has 1 rings (SSSR count). The lowest BCUT2D eigenvalue weighted by Gasteiger charge is -2.38. The van der Waals surface area contributed by atoms with Crippen LogP contribution >= 0.6 is 15.4 Å². The first-order valence-electron chi connectivity index (χ1n) is 11.8. The smallest absolute Gasteiger partial charge is 0.301 e. The number of rotatable bonds is 15. The van der Waals surface area contributed by atoms with Gasteiger partial charge in [-0.15, -0.1) is 0 Å². The van der Waals surface area contributed by atoms with E-state index in [9.17, 15) is 9.13 Å². The molecule has 0 spiro atoms. The van der Waals surface area contributed by atoms with E-state index in [-0.39, 0.29) is 18.6 Å². The molecule has 7 nitrogen and oxygen atoms in total. The fraction of sp³-hybridized carbons (Fsp3) is 1.00. The fourth-order valence-electron chi connectivity index (χ4n) is 3.22. The molecule has 0 radical (unpaired) electrons. The molecule has 0 aromatic rings. The monoisotopic (exact) mass is 484 g/mol. The van der Waals surface area contributed by atoms with Gasteiger partial charge in [-0.3, -0.25) is 18.1 Å². The fourth-order valence-corrected chi connectivity index (χ4v) is 7.52. The maximum Gasteiger partial charge on any atom is 0.475 e. The number of hydrogen-bond donors (Lipinski definition) is 0. The average Bonchev–Trinajstić information content (AvgIpc) is 2.72. The van der Waals surface area contributed by atoms with Crippen molar-refractivity contribution in [3.05, 3.63) is 0 Å². The summed E-state index contributed by atoms with van der Waals surface area (Å²) in [5.74, 6) is 0. The maximum atomic E-state index is 14.0. The van der Waals surface area contributed by atoms with Crippen molar-refractivity contribution >= 4 is 15.4 Å². The van der Waals surface area contributed by atoms with E-state index in [1.807, 2.05) is 41.5 Å². The second kappa shape index (κ2) is 12.1. The lowest BCUT2D eigenvalue weighted by Crippen LogP contribution is -2.33. The zero-order valence-electron chi connectivity index (χ0n) is 21.0. The summed E-state index contributed by atoms with van der Waals surface area (Å²) in [4.78, 5) is 0. The van der Waals surface area contributed by atoms with Crippen molar-refractivity contribution < 1.29 is 31.7 Å². The topological polar surface area (TPSA) is 80.3 Å². The van der Waals surface area contributed by atoms with Gasteiger partial charge >= 0.3 is 15.4 Å². The molecule has 0 bridgehead atoms. The van der Waals surface area contributed by atoms with Crippen molar-refractivity contribution in [3.63, 3.8) is 0 Å². The molecule has 0 N–H and O–H groups in total. The minimum atomic E-state index is -3.81. The number of hydrogen-bond acceptors (Lipinski definition) is 7. The van der Waals surface area contributed by atoms with Crippen LogP contribution in [0, 0.1) is 5.41 Å². The van der Waals surface area contributed by atoms with Crippen molar-refractivity contribution in [1.82, 2.24) is 0 Å². The number of unbranched alkanes of at least 4 members (excludes halogenated alkanes) is 2. The zero-order chi connectivity index (χ0) is 23.8. The molecule has 9 heteroatoms. The Morgan fingerprint density at radius 3 is 1.68 bits per heavy atom. The highest BCUT2D eigenvalue weighted by molar-refractivity contribution is 7.55. The van der Waals surface area contributed by atoms with E-state index in [0.717, 1.165) is 38.5 Å². The van der Waals surface area contributed by atoms with Crippen LogP contribution in [-0.4, -0.2) is 30.8 Å². The highest BCUT2D eigenvalue weighted by Crippen LogP contribution is 2.62. The third kappa shape index (κ3) is 9.96. The van der Waals surface area contributed by atoms with Crippen molar-refractivity contribution in [1.29, 1.82) is 0 Å². The van der Waals surface area contributed by atoms with Gasteiger partial charge in [0.25, 0.3) is 0 Å². The third-order valence-electron chi connectivity index (χ3n) is 5.93. The molecule has 1 heterocycles. The van der Waals surface area contributed by atoms with E-state index in [0.29, 0.717) is 12.8 Å². The highest BCUT2D eigenvalue weighted by Gasteiger charge is 2.45. The Bertz CT molecular complexity index is 597. The van der Waals surface area contributed by atoms with Gasteiger partial charge in [0.1, 0.15) is 0 Å². The van der Waals surface area contributed by atoms with Crippen LogP contribution in [0.5, 0.6) is 0 Å². The van der Waals surface area contributed by atoms with Crippen molar-refractivity contribution in [2.24, 2.45) is 5.41 Å². The van der Waals surface area contributed by atoms with E-state index in [2.05, 4.69) is 13.8 Å². The van der Waals surface area contributed by atoms with Crippen LogP contribution in [0.1, 0.15) is 107 Å². The first kappa shape index (κ1) is 29.3. The normalized spacial score (nSPS) is 24.1. The second-order valence-electron chi connectivity index (χ2n) is 10.0. The maximum absolute atomic E-state index is 14.0. The van der Waals surface area contributed by atoms with E-state index in [4.69, 9.17) is 22.6 Å². The Balaban J connectivity index is 3.06. The third-order valence-corrected chi connectivity index (χ3v) is 9.36. The first-order chi connectivity index (χ1) is 14.3. The highest BCUT2D eigenvalue weighted by atomic mass is 31.2. The Hall–Kier alpha value is 0.260. The van der Waals surface area contributed by atoms with Gasteiger partial charge < -0.3 is 9.05 Å². The standard InChI is InChI=1S/C22H46O7P2/c1-9-13-15-21(7,11-3)28-30(23,29-22(8,12-4)16-14-10-2)19-27-31(24)25-17-20(5,6)18-26-31/h9-19H2,1-8H3. The molecule has 1 fully saturated rings. The van der Waals surface area contributed by atoms with Crippen molar-refractivity contribution in [2.45, 2.75) is 118 Å². The molecule has 1 aliphatic heterocycles. The van der Waals surface area contributed by atoms with Gasteiger partial charge in [0.15, 0.2) is 6.35 Å². The van der Waals surface area contributed by atoms with Gasteiger partial charge in [0.05, 0.1) is 24.4 Å². The summed E-state index contributed by atoms with van der Waals surface area (Å²) in [6, 6.07) is 0. The van der Waals surface area contributed by atoms with Crippen molar-refractivity contribution in [2.75, 3.05) is 19.6 Å². The van der Waals surface area contributed by atoms with Gasteiger partial charge in [-0.05, 0) is 39.5 Å². The van der Waals surface area contributed by atoms with Crippen LogP contribution in [0.15, 0.2) is 0 Å². The minimum Gasteiger partial charge on any atom is -0.301 e. The van der Waals surface area contributed by atoms with Gasteiger partial charge in [-0.1, -0.05) is 67.2 Å². The summed E-state index contributed by atoms with van der Waals surface area (Å²) < 4.78 is 55.6. The van der Waals surface area contributed by atoms with Crippen molar-refractivity contribution in [3.8, 4) is 0 Å². The molecule has 2 atom stereocenters. The molecule has 2 unspecified atom stereocenters. The molecule has 31 heavy (non-hydrogen) atoms. The quantitative estimate of drug-likeness (QED) is 0.217. The zero-order valence-corrected chi connectivity index (χ0v) is 22.8. The Kier molecular flexibility index (Phi) is 11.4. The van der Waals surface area contributed by atoms with Crippen LogP contribution in [-0.2, 0) is 31.7 Å². The SMILES string of the molecule is CCCCC(C)(CC)OP(=O)(COP1(=O)OCC(C)(C)CO1)OC(C)(CC)CCCC. The average molecular weight is 485 g/mol. The summed E-state index contributed by atoms with van der Waals surface area (Å²) in [6.07, 6.45) is 6.32. The molecule has 1 aliphatic rings. The molecule has 0 aliphatic carbocycles. The summed E-state index contributed by atoms with van der Waals surface area (Å²) >= 11 is 0. The Labute approximate surface area is 190 Å². The largest absolute Gasteiger partial charge is 0.475 e. The molecule has 1 saturated heterocycles. The van der Waals surface area contributed by atoms with Crippen LogP contribution in [0.2, 0.25) is 0 Å². The Morgan fingerprint density at radius 2 is 1.32 bits per heavy atom. The minimum absolute atomic E-state index is 0.239. The first-order valence-corrected chi connectivity index (χ1v) is 15.0. The second-order valence-corrected chi connectivity index (χ2v) is 13.5. The number of phosphoric acid groups is 1. The van der Waals surface area contributed by atoms with E-state index >= 15 is 0 Å². The predicted octanol–water partition coefficient (Wildman–Crippen LogP) is 8.09. The van der Waals surface area contributed by atoms with Gasteiger partial charge in [-0.2, -0.15) is 0 Å². The van der Waals surface area contributed by atoms with E-state index in [1.54, 1.807) is 0 Å². The lowest BCUT2D eigenvalue weighted by atomic mass is 9.97.